The molecule has 1 aromatic heterocycles. The fourth-order valence-electron chi connectivity index (χ4n) is 2.64. The number of hydrogen-bond acceptors (Lipinski definition) is 6. The molecule has 134 valence electrons. The third-order valence-electron chi connectivity index (χ3n) is 3.99. The summed E-state index contributed by atoms with van der Waals surface area (Å²) < 4.78 is 5.43. The fourth-order valence-corrected chi connectivity index (χ4v) is 2.64. The highest BCUT2D eigenvalue weighted by atomic mass is 16.5. The third-order valence-corrected chi connectivity index (χ3v) is 3.99. The Morgan fingerprint density at radius 3 is 2.43 bits per heavy atom. The van der Waals surface area contributed by atoms with Gasteiger partial charge < -0.3 is 4.52 Å². The van der Waals surface area contributed by atoms with Crippen LogP contribution in [-0.4, -0.2) is 15.9 Å². The molecule has 0 aliphatic rings. The van der Waals surface area contributed by atoms with E-state index in [0.717, 1.165) is 11.1 Å². The van der Waals surface area contributed by atoms with Crippen LogP contribution in [0.3, 0.4) is 0 Å². The van der Waals surface area contributed by atoms with Crippen molar-refractivity contribution in [2.24, 2.45) is 5.10 Å². The number of nitriles is 1. The van der Waals surface area contributed by atoms with E-state index >= 15 is 0 Å². The predicted octanol–water partition coefficient (Wildman–Crippen LogP) is 4.47. The van der Waals surface area contributed by atoms with Crippen molar-refractivity contribution in [1.29, 1.82) is 5.26 Å². The summed E-state index contributed by atoms with van der Waals surface area (Å²) in [5.74, 6) is 0.791. The SMILES string of the molecule is N#Cc1cccc(N/N=C(\c2ccccc2)c2noc(-c3ccccc3)n2)c1. The topological polar surface area (TPSA) is 87.1 Å². The first-order valence-electron chi connectivity index (χ1n) is 8.62. The summed E-state index contributed by atoms with van der Waals surface area (Å²) in [6.45, 7) is 0. The summed E-state index contributed by atoms with van der Waals surface area (Å²) in [6, 6.07) is 28.4. The van der Waals surface area contributed by atoms with Crippen LogP contribution in [0.25, 0.3) is 11.5 Å². The Bertz CT molecular complexity index is 1140. The van der Waals surface area contributed by atoms with Crippen molar-refractivity contribution in [1.82, 2.24) is 10.1 Å². The molecule has 4 rings (SSSR count). The molecule has 0 unspecified atom stereocenters. The van der Waals surface area contributed by atoms with E-state index < -0.39 is 0 Å². The van der Waals surface area contributed by atoms with E-state index in [9.17, 15) is 0 Å². The quantitative estimate of drug-likeness (QED) is 0.416. The Morgan fingerprint density at radius 1 is 0.929 bits per heavy atom. The van der Waals surface area contributed by atoms with Crippen LogP contribution in [0.15, 0.2) is 94.6 Å². The lowest BCUT2D eigenvalue weighted by Crippen LogP contribution is -2.08. The van der Waals surface area contributed by atoms with Crippen LogP contribution in [0, 0.1) is 11.3 Å². The van der Waals surface area contributed by atoms with Gasteiger partial charge in [0.2, 0.25) is 5.82 Å². The highest BCUT2D eigenvalue weighted by molar-refractivity contribution is 6.10. The molecule has 0 aliphatic carbocycles. The van der Waals surface area contributed by atoms with Gasteiger partial charge in [0.1, 0.15) is 5.71 Å². The fraction of sp³-hybridized carbons (Fsp3) is 0. The molecule has 0 atom stereocenters. The standard InChI is InChI=1S/C22H15N5O/c23-15-16-8-7-13-19(14-16)25-26-20(17-9-3-1-4-10-17)21-24-22(28-27-21)18-11-5-2-6-12-18/h1-14,25H/b26-20+. The van der Waals surface area contributed by atoms with Crippen LogP contribution in [0.1, 0.15) is 17.0 Å². The third kappa shape index (κ3) is 3.79. The molecule has 0 fully saturated rings. The van der Waals surface area contributed by atoms with Gasteiger partial charge in [-0.1, -0.05) is 59.8 Å². The highest BCUT2D eigenvalue weighted by Gasteiger charge is 2.16. The van der Waals surface area contributed by atoms with E-state index in [4.69, 9.17) is 9.78 Å². The number of hydrazone groups is 1. The van der Waals surface area contributed by atoms with Gasteiger partial charge in [-0.15, -0.1) is 0 Å². The van der Waals surface area contributed by atoms with Gasteiger partial charge in [-0.25, -0.2) is 0 Å². The molecule has 6 heteroatoms. The van der Waals surface area contributed by atoms with Crippen LogP contribution in [-0.2, 0) is 0 Å². The summed E-state index contributed by atoms with van der Waals surface area (Å²) in [7, 11) is 0. The van der Waals surface area contributed by atoms with E-state index in [0.29, 0.717) is 28.7 Å². The minimum Gasteiger partial charge on any atom is -0.334 e. The first-order chi connectivity index (χ1) is 13.8. The zero-order valence-electron chi connectivity index (χ0n) is 14.8. The number of nitrogens with one attached hydrogen (secondary N) is 1. The predicted molar refractivity (Wildman–Crippen MR) is 107 cm³/mol. The second-order valence-electron chi connectivity index (χ2n) is 5.92. The van der Waals surface area contributed by atoms with Crippen LogP contribution < -0.4 is 5.43 Å². The Morgan fingerprint density at radius 2 is 1.68 bits per heavy atom. The second kappa shape index (κ2) is 7.98. The van der Waals surface area contributed by atoms with Crippen molar-refractivity contribution in [3.05, 3.63) is 102 Å². The summed E-state index contributed by atoms with van der Waals surface area (Å²) in [4.78, 5) is 4.50. The molecule has 6 nitrogen and oxygen atoms in total. The van der Waals surface area contributed by atoms with E-state index in [1.165, 1.54) is 0 Å². The van der Waals surface area contributed by atoms with Crippen molar-refractivity contribution >= 4 is 11.4 Å². The molecule has 1 heterocycles. The Kier molecular flexibility index (Phi) is 4.90. The molecular weight excluding hydrogens is 350 g/mol. The monoisotopic (exact) mass is 365 g/mol. The number of hydrogen-bond donors (Lipinski definition) is 1. The maximum atomic E-state index is 9.06. The van der Waals surface area contributed by atoms with Crippen molar-refractivity contribution in [2.75, 3.05) is 5.43 Å². The smallest absolute Gasteiger partial charge is 0.258 e. The van der Waals surface area contributed by atoms with Crippen LogP contribution in [0.5, 0.6) is 0 Å². The number of benzene rings is 3. The number of rotatable bonds is 5. The first-order valence-corrected chi connectivity index (χ1v) is 8.62. The summed E-state index contributed by atoms with van der Waals surface area (Å²) in [6.07, 6.45) is 0. The second-order valence-corrected chi connectivity index (χ2v) is 5.92. The first kappa shape index (κ1) is 17.2. The molecule has 0 spiro atoms. The van der Waals surface area contributed by atoms with E-state index in [2.05, 4.69) is 26.7 Å². The van der Waals surface area contributed by atoms with Crippen LogP contribution in [0.4, 0.5) is 5.69 Å². The molecule has 0 saturated carbocycles. The molecule has 4 aromatic rings. The summed E-state index contributed by atoms with van der Waals surface area (Å²) in [5, 5.41) is 17.7. The number of aromatic nitrogens is 2. The van der Waals surface area contributed by atoms with Crippen LogP contribution >= 0.6 is 0 Å². The van der Waals surface area contributed by atoms with Crippen molar-refractivity contribution < 1.29 is 4.52 Å². The molecule has 0 bridgehead atoms. The largest absolute Gasteiger partial charge is 0.334 e. The highest BCUT2D eigenvalue weighted by Crippen LogP contribution is 2.18. The average Bonchev–Trinajstić information content (AvgIpc) is 3.25. The van der Waals surface area contributed by atoms with Crippen LogP contribution in [0.2, 0.25) is 0 Å². The Hall–Kier alpha value is -4.24. The van der Waals surface area contributed by atoms with E-state index in [1.807, 2.05) is 66.7 Å². The van der Waals surface area contributed by atoms with E-state index in [1.54, 1.807) is 18.2 Å². The lowest BCUT2D eigenvalue weighted by atomic mass is 10.1. The minimum absolute atomic E-state index is 0.369. The number of anilines is 1. The van der Waals surface area contributed by atoms with Gasteiger partial charge >= 0.3 is 0 Å². The minimum atomic E-state index is 0.369. The normalized spacial score (nSPS) is 11.0. The maximum Gasteiger partial charge on any atom is 0.258 e. The summed E-state index contributed by atoms with van der Waals surface area (Å²) in [5.41, 5.74) is 6.44. The Balaban J connectivity index is 1.71. The van der Waals surface area contributed by atoms with Gasteiger partial charge in [0, 0.05) is 11.1 Å². The lowest BCUT2D eigenvalue weighted by molar-refractivity contribution is 0.429. The van der Waals surface area contributed by atoms with Crippen molar-refractivity contribution in [3.63, 3.8) is 0 Å². The molecule has 28 heavy (non-hydrogen) atoms. The molecule has 0 amide bonds. The van der Waals surface area contributed by atoms with Gasteiger partial charge in [-0.05, 0) is 30.3 Å². The van der Waals surface area contributed by atoms with Gasteiger partial charge in [0.15, 0.2) is 0 Å². The molecule has 0 aliphatic heterocycles. The molecule has 0 radical (unpaired) electrons. The Labute approximate surface area is 161 Å². The van der Waals surface area contributed by atoms with Gasteiger partial charge in [0.05, 0.1) is 17.3 Å². The average molecular weight is 365 g/mol. The number of nitrogens with zero attached hydrogens (tertiary/aromatic N) is 4. The van der Waals surface area contributed by atoms with Crippen molar-refractivity contribution in [3.8, 4) is 17.5 Å². The molecule has 1 N–H and O–H groups in total. The maximum absolute atomic E-state index is 9.06. The lowest BCUT2D eigenvalue weighted by Gasteiger charge is -2.05. The van der Waals surface area contributed by atoms with Gasteiger partial charge in [-0.3, -0.25) is 5.43 Å². The van der Waals surface area contributed by atoms with Crippen molar-refractivity contribution in [2.45, 2.75) is 0 Å². The zero-order chi connectivity index (χ0) is 19.2. The molecular formula is C22H15N5O. The zero-order valence-corrected chi connectivity index (χ0v) is 14.8. The summed E-state index contributed by atoms with van der Waals surface area (Å²) >= 11 is 0. The van der Waals surface area contributed by atoms with Gasteiger partial charge in [0.25, 0.3) is 5.89 Å². The van der Waals surface area contributed by atoms with Gasteiger partial charge in [-0.2, -0.15) is 15.3 Å². The molecule has 3 aromatic carbocycles. The van der Waals surface area contributed by atoms with E-state index in [-0.39, 0.29) is 0 Å². The molecule has 0 saturated heterocycles.